The molecule has 0 bridgehead atoms. The molecule has 1 aliphatic rings. The summed E-state index contributed by atoms with van der Waals surface area (Å²) in [6.45, 7) is 7.76. The van der Waals surface area contributed by atoms with E-state index in [0.717, 1.165) is 19.6 Å². The Morgan fingerprint density at radius 2 is 2.24 bits per heavy atom. The predicted molar refractivity (Wildman–Crippen MR) is 79.1 cm³/mol. The number of aliphatic hydroxyl groups is 1. The number of aliphatic hydroxyl groups excluding tert-OH is 1. The molecule has 1 heterocycles. The minimum Gasteiger partial charge on any atom is -0.392 e. The van der Waals surface area contributed by atoms with E-state index in [-0.39, 0.29) is 11.9 Å². The Labute approximate surface area is 125 Å². The van der Waals surface area contributed by atoms with Crippen LogP contribution in [0.3, 0.4) is 0 Å². The number of nitrogens with zero attached hydrogens (tertiary/aromatic N) is 3. The quantitative estimate of drug-likeness (QED) is 0.915. The maximum atomic E-state index is 13.9. The van der Waals surface area contributed by atoms with Crippen molar-refractivity contribution >= 4 is 0 Å². The minimum atomic E-state index is -0.324. The standard InChI is InChI=1S/C16H22FN3O/c1-12-9-19(5-6-20(12)10-13(2)21)11-15-4-3-14(8-18)7-16(15)17/h3-4,7,12-13,21H,5-6,9-11H2,1-2H3/t12-,13-/m0/s1. The number of piperazine rings is 1. The van der Waals surface area contributed by atoms with Gasteiger partial charge in [-0.15, -0.1) is 0 Å². The van der Waals surface area contributed by atoms with E-state index in [0.29, 0.717) is 30.3 Å². The lowest BCUT2D eigenvalue weighted by atomic mass is 10.1. The summed E-state index contributed by atoms with van der Waals surface area (Å²) in [6.07, 6.45) is -0.324. The van der Waals surface area contributed by atoms with E-state index in [4.69, 9.17) is 5.26 Å². The molecular formula is C16H22FN3O. The lowest BCUT2D eigenvalue weighted by Gasteiger charge is -2.40. The highest BCUT2D eigenvalue weighted by atomic mass is 19.1. The van der Waals surface area contributed by atoms with Gasteiger partial charge in [-0.25, -0.2) is 4.39 Å². The fourth-order valence-electron chi connectivity index (χ4n) is 2.81. The molecule has 0 aliphatic carbocycles. The Bertz CT molecular complexity index is 527. The fraction of sp³-hybridized carbons (Fsp3) is 0.562. The second kappa shape index (κ2) is 6.99. The molecule has 4 nitrogen and oxygen atoms in total. The zero-order valence-electron chi connectivity index (χ0n) is 12.6. The Morgan fingerprint density at radius 3 is 2.81 bits per heavy atom. The Kier molecular flexibility index (Phi) is 5.29. The summed E-state index contributed by atoms with van der Waals surface area (Å²) in [4.78, 5) is 4.48. The number of hydrogen-bond acceptors (Lipinski definition) is 4. The van der Waals surface area contributed by atoms with Crippen molar-refractivity contribution in [2.24, 2.45) is 0 Å². The number of benzene rings is 1. The molecule has 5 heteroatoms. The molecule has 1 saturated heterocycles. The third-order valence-corrected chi connectivity index (χ3v) is 3.92. The van der Waals surface area contributed by atoms with Crippen molar-refractivity contribution in [1.29, 1.82) is 5.26 Å². The fourth-order valence-corrected chi connectivity index (χ4v) is 2.81. The highest BCUT2D eigenvalue weighted by Gasteiger charge is 2.24. The number of β-amino-alcohol motifs (C(OH)–C–C–N with tert-alkyl or cyclic N) is 1. The van der Waals surface area contributed by atoms with E-state index >= 15 is 0 Å². The topological polar surface area (TPSA) is 50.5 Å². The van der Waals surface area contributed by atoms with E-state index in [1.54, 1.807) is 19.1 Å². The smallest absolute Gasteiger partial charge is 0.129 e. The molecule has 0 amide bonds. The van der Waals surface area contributed by atoms with Gasteiger partial charge in [-0.2, -0.15) is 5.26 Å². The van der Waals surface area contributed by atoms with Crippen LogP contribution in [0.2, 0.25) is 0 Å². The van der Waals surface area contributed by atoms with Crippen LogP contribution in [0.25, 0.3) is 0 Å². The molecule has 21 heavy (non-hydrogen) atoms. The van der Waals surface area contributed by atoms with Gasteiger partial charge in [-0.3, -0.25) is 9.80 Å². The number of halogens is 1. The predicted octanol–water partition coefficient (Wildman–Crippen LogP) is 1.58. The molecule has 0 aromatic heterocycles. The summed E-state index contributed by atoms with van der Waals surface area (Å²) < 4.78 is 13.9. The van der Waals surface area contributed by atoms with Gasteiger partial charge in [-0.05, 0) is 26.0 Å². The van der Waals surface area contributed by atoms with Crippen LogP contribution in [-0.4, -0.2) is 53.2 Å². The monoisotopic (exact) mass is 291 g/mol. The third kappa shape index (κ3) is 4.24. The molecule has 1 aromatic rings. The summed E-state index contributed by atoms with van der Waals surface area (Å²) in [7, 11) is 0. The first-order chi connectivity index (χ1) is 9.99. The largest absolute Gasteiger partial charge is 0.392 e. The number of nitriles is 1. The zero-order valence-corrected chi connectivity index (χ0v) is 12.6. The van der Waals surface area contributed by atoms with Crippen molar-refractivity contribution < 1.29 is 9.50 Å². The lowest BCUT2D eigenvalue weighted by molar-refractivity contribution is 0.0419. The molecule has 0 radical (unpaired) electrons. The van der Waals surface area contributed by atoms with Gasteiger partial charge in [0.2, 0.25) is 0 Å². The van der Waals surface area contributed by atoms with Gasteiger partial charge >= 0.3 is 0 Å². The van der Waals surface area contributed by atoms with Gasteiger partial charge in [-0.1, -0.05) is 6.07 Å². The van der Waals surface area contributed by atoms with E-state index in [2.05, 4.69) is 16.7 Å². The first-order valence-corrected chi connectivity index (χ1v) is 7.32. The van der Waals surface area contributed by atoms with Gasteiger partial charge in [0, 0.05) is 44.3 Å². The van der Waals surface area contributed by atoms with Crippen molar-refractivity contribution in [2.45, 2.75) is 32.5 Å². The van der Waals surface area contributed by atoms with E-state index < -0.39 is 0 Å². The lowest BCUT2D eigenvalue weighted by Crippen LogP contribution is -2.53. The molecule has 2 rings (SSSR count). The SMILES string of the molecule is C[C@H](O)CN1CCN(Cc2ccc(C#N)cc2F)C[C@@H]1C. The van der Waals surface area contributed by atoms with Crippen LogP contribution in [0.15, 0.2) is 18.2 Å². The van der Waals surface area contributed by atoms with E-state index in [1.165, 1.54) is 6.07 Å². The first-order valence-electron chi connectivity index (χ1n) is 7.32. The average Bonchev–Trinajstić information content (AvgIpc) is 2.43. The highest BCUT2D eigenvalue weighted by molar-refractivity contribution is 5.32. The molecule has 1 aromatic carbocycles. The molecule has 2 atom stereocenters. The van der Waals surface area contributed by atoms with Crippen LogP contribution in [0.4, 0.5) is 4.39 Å². The maximum absolute atomic E-state index is 13.9. The summed E-state index contributed by atoms with van der Waals surface area (Å²) >= 11 is 0. The third-order valence-electron chi connectivity index (χ3n) is 3.92. The van der Waals surface area contributed by atoms with Gasteiger partial charge in [0.15, 0.2) is 0 Å². The van der Waals surface area contributed by atoms with Crippen molar-refractivity contribution in [3.63, 3.8) is 0 Å². The molecule has 0 spiro atoms. The molecule has 0 saturated carbocycles. The highest BCUT2D eigenvalue weighted by Crippen LogP contribution is 2.16. The van der Waals surface area contributed by atoms with Gasteiger partial charge < -0.3 is 5.11 Å². The van der Waals surface area contributed by atoms with E-state index in [9.17, 15) is 9.50 Å². The molecule has 0 unspecified atom stereocenters. The number of hydrogen-bond donors (Lipinski definition) is 1. The van der Waals surface area contributed by atoms with E-state index in [1.807, 2.05) is 6.07 Å². The van der Waals surface area contributed by atoms with Gasteiger partial charge in [0.25, 0.3) is 0 Å². The normalized spacial score (nSPS) is 22.0. The van der Waals surface area contributed by atoms with Crippen molar-refractivity contribution in [1.82, 2.24) is 9.80 Å². The van der Waals surface area contributed by atoms with Crippen LogP contribution >= 0.6 is 0 Å². The molecule has 1 fully saturated rings. The molecule has 1 N–H and O–H groups in total. The second-order valence-electron chi connectivity index (χ2n) is 5.85. The Morgan fingerprint density at radius 1 is 1.48 bits per heavy atom. The van der Waals surface area contributed by atoms with Crippen LogP contribution in [0.5, 0.6) is 0 Å². The zero-order chi connectivity index (χ0) is 15.4. The molecular weight excluding hydrogens is 269 g/mol. The van der Waals surface area contributed by atoms with Crippen LogP contribution in [-0.2, 0) is 6.54 Å². The van der Waals surface area contributed by atoms with Gasteiger partial charge in [0.05, 0.1) is 17.7 Å². The Balaban J connectivity index is 1.95. The maximum Gasteiger partial charge on any atom is 0.129 e. The summed E-state index contributed by atoms with van der Waals surface area (Å²) in [5.74, 6) is -0.312. The van der Waals surface area contributed by atoms with Crippen molar-refractivity contribution in [3.8, 4) is 6.07 Å². The van der Waals surface area contributed by atoms with Crippen LogP contribution in [0.1, 0.15) is 25.0 Å². The Hall–Kier alpha value is -1.48. The molecule has 114 valence electrons. The summed E-state index contributed by atoms with van der Waals surface area (Å²) in [5, 5.41) is 18.2. The van der Waals surface area contributed by atoms with Crippen LogP contribution < -0.4 is 0 Å². The minimum absolute atomic E-state index is 0.312. The van der Waals surface area contributed by atoms with Crippen molar-refractivity contribution in [2.75, 3.05) is 26.2 Å². The average molecular weight is 291 g/mol. The summed E-state index contributed by atoms with van der Waals surface area (Å²) in [5.41, 5.74) is 0.983. The number of rotatable bonds is 4. The summed E-state index contributed by atoms with van der Waals surface area (Å²) in [6, 6.07) is 6.94. The molecule has 1 aliphatic heterocycles. The van der Waals surface area contributed by atoms with Gasteiger partial charge in [0.1, 0.15) is 5.82 Å². The first kappa shape index (κ1) is 15.9. The van der Waals surface area contributed by atoms with Crippen LogP contribution in [0, 0.1) is 17.1 Å². The van der Waals surface area contributed by atoms with Crippen molar-refractivity contribution in [3.05, 3.63) is 35.1 Å². The second-order valence-corrected chi connectivity index (χ2v) is 5.85.